The second-order valence-electron chi connectivity index (χ2n) is 9.74. The third-order valence-electron chi connectivity index (χ3n) is 6.65. The van der Waals surface area contributed by atoms with Crippen LogP contribution in [0, 0.1) is 0 Å². The molecular weight excluding hydrogens is 526 g/mol. The molecule has 0 aliphatic rings. The van der Waals surface area contributed by atoms with E-state index >= 15 is 0 Å². The lowest BCUT2D eigenvalue weighted by atomic mass is 10.1. The number of sulfonamides is 1. The van der Waals surface area contributed by atoms with E-state index in [1.165, 1.54) is 4.90 Å². The summed E-state index contributed by atoms with van der Waals surface area (Å²) in [5.74, 6) is 0.497. The van der Waals surface area contributed by atoms with Gasteiger partial charge < -0.3 is 15.0 Å². The lowest BCUT2D eigenvalue weighted by Gasteiger charge is -2.33. The van der Waals surface area contributed by atoms with E-state index in [2.05, 4.69) is 5.32 Å². The van der Waals surface area contributed by atoms with E-state index in [4.69, 9.17) is 4.74 Å². The number of ether oxygens (including phenoxy) is 1. The number of nitrogens with zero attached hydrogens (tertiary/aromatic N) is 2. The Kier molecular flexibility index (Phi) is 11.1. The molecule has 2 atom stereocenters. The molecule has 3 aromatic carbocycles. The number of carbonyl (C=O) groups is 2. The zero-order valence-corrected chi connectivity index (χ0v) is 24.4. The first-order chi connectivity index (χ1) is 19.1. The van der Waals surface area contributed by atoms with Crippen molar-refractivity contribution in [1.29, 1.82) is 0 Å². The third kappa shape index (κ3) is 8.84. The molecule has 2 amide bonds. The van der Waals surface area contributed by atoms with Crippen molar-refractivity contribution in [2.45, 2.75) is 52.1 Å². The highest BCUT2D eigenvalue weighted by Crippen LogP contribution is 2.26. The van der Waals surface area contributed by atoms with Crippen molar-refractivity contribution >= 4 is 27.5 Å². The summed E-state index contributed by atoms with van der Waals surface area (Å²) in [6.07, 6.45) is 2.75. The highest BCUT2D eigenvalue weighted by molar-refractivity contribution is 7.92. The Bertz CT molecular complexity index is 1330. The normalized spacial score (nSPS) is 12.7. The van der Waals surface area contributed by atoms with Gasteiger partial charge in [0.15, 0.2) is 0 Å². The van der Waals surface area contributed by atoms with Gasteiger partial charge in [-0.1, -0.05) is 62.4 Å². The van der Waals surface area contributed by atoms with Crippen molar-refractivity contribution in [3.05, 3.63) is 90.5 Å². The predicted molar refractivity (Wildman–Crippen MR) is 159 cm³/mol. The molecule has 0 aliphatic carbocycles. The van der Waals surface area contributed by atoms with E-state index in [0.717, 1.165) is 22.5 Å². The van der Waals surface area contributed by atoms with Gasteiger partial charge in [-0.15, -0.1) is 0 Å². The van der Waals surface area contributed by atoms with Crippen molar-refractivity contribution in [2.75, 3.05) is 23.7 Å². The lowest BCUT2D eigenvalue weighted by molar-refractivity contribution is -0.139. The second-order valence-corrected chi connectivity index (χ2v) is 11.7. The molecule has 0 fully saturated rings. The number of carbonyl (C=O) groups excluding carboxylic acids is 2. The summed E-state index contributed by atoms with van der Waals surface area (Å²) in [6, 6.07) is 24.7. The Morgan fingerprint density at radius 3 is 1.98 bits per heavy atom. The van der Waals surface area contributed by atoms with Crippen LogP contribution < -0.4 is 14.4 Å². The summed E-state index contributed by atoms with van der Waals surface area (Å²) in [7, 11) is -3.82. The van der Waals surface area contributed by atoms with Crippen molar-refractivity contribution in [3.8, 4) is 11.5 Å². The molecule has 0 radical (unpaired) electrons. The maximum absolute atomic E-state index is 13.8. The predicted octanol–water partition coefficient (Wildman–Crippen LogP) is 5.01. The fraction of sp³-hybridized carbons (Fsp3) is 0.355. The van der Waals surface area contributed by atoms with E-state index in [1.807, 2.05) is 81.4 Å². The van der Waals surface area contributed by atoms with Crippen LogP contribution in [-0.2, 0) is 26.0 Å². The second kappa shape index (κ2) is 14.5. The highest BCUT2D eigenvalue weighted by atomic mass is 32.2. The van der Waals surface area contributed by atoms with Crippen LogP contribution in [0.5, 0.6) is 11.5 Å². The number of benzene rings is 3. The SMILES string of the molecule is CC[C@H](C)NC(=O)[C@H](CC)N(CCc1ccccc1)C(=O)CN(c1ccc(Oc2ccccc2)cc1)S(C)(=O)=O. The Hall–Kier alpha value is -3.85. The Labute approximate surface area is 238 Å². The molecule has 0 aliphatic heterocycles. The molecule has 3 aromatic rings. The summed E-state index contributed by atoms with van der Waals surface area (Å²) in [6.45, 7) is 5.58. The summed E-state index contributed by atoms with van der Waals surface area (Å²) in [4.78, 5) is 28.5. The lowest BCUT2D eigenvalue weighted by Crippen LogP contribution is -2.54. The van der Waals surface area contributed by atoms with Crippen LogP contribution >= 0.6 is 0 Å². The van der Waals surface area contributed by atoms with Crippen LogP contribution in [-0.4, -0.2) is 56.6 Å². The van der Waals surface area contributed by atoms with Gasteiger partial charge >= 0.3 is 0 Å². The van der Waals surface area contributed by atoms with Crippen LogP contribution in [0.4, 0.5) is 5.69 Å². The van der Waals surface area contributed by atoms with Crippen LogP contribution in [0.2, 0.25) is 0 Å². The molecule has 8 nitrogen and oxygen atoms in total. The number of hydrogen-bond donors (Lipinski definition) is 1. The Morgan fingerprint density at radius 2 is 1.43 bits per heavy atom. The van der Waals surface area contributed by atoms with Gasteiger partial charge in [0.25, 0.3) is 0 Å². The van der Waals surface area contributed by atoms with Crippen molar-refractivity contribution in [1.82, 2.24) is 10.2 Å². The number of nitrogens with one attached hydrogen (secondary N) is 1. The molecule has 3 rings (SSSR count). The molecule has 0 saturated heterocycles. The summed E-state index contributed by atoms with van der Waals surface area (Å²) in [5.41, 5.74) is 1.35. The quantitative estimate of drug-likeness (QED) is 0.297. The number of hydrogen-bond acceptors (Lipinski definition) is 5. The molecule has 214 valence electrons. The minimum absolute atomic E-state index is 0.0447. The molecule has 0 aromatic heterocycles. The Morgan fingerprint density at radius 1 is 0.850 bits per heavy atom. The summed E-state index contributed by atoms with van der Waals surface area (Å²) in [5, 5.41) is 2.98. The zero-order chi connectivity index (χ0) is 29.1. The first-order valence-corrected chi connectivity index (χ1v) is 15.4. The van der Waals surface area contributed by atoms with E-state index in [-0.39, 0.29) is 18.5 Å². The number of para-hydroxylation sites is 1. The summed E-state index contributed by atoms with van der Waals surface area (Å²) >= 11 is 0. The average molecular weight is 566 g/mol. The molecular formula is C31H39N3O5S. The maximum atomic E-state index is 13.8. The minimum atomic E-state index is -3.82. The van der Waals surface area contributed by atoms with Gasteiger partial charge in [0.05, 0.1) is 11.9 Å². The number of rotatable bonds is 14. The first kappa shape index (κ1) is 30.7. The van der Waals surface area contributed by atoms with E-state index < -0.39 is 28.5 Å². The number of amides is 2. The standard InChI is InChI=1S/C31H39N3O5S/c1-5-24(3)32-31(36)29(6-2)33(22-21-25-13-9-7-10-14-25)30(35)23-34(40(4,37)38)26-17-19-28(20-18-26)39-27-15-11-8-12-16-27/h7-20,24,29H,5-6,21-23H2,1-4H3,(H,32,36)/t24-,29-/m0/s1. The molecule has 0 heterocycles. The highest BCUT2D eigenvalue weighted by Gasteiger charge is 2.31. The molecule has 1 N–H and O–H groups in total. The van der Waals surface area contributed by atoms with Gasteiger partial charge in [0.1, 0.15) is 24.1 Å². The molecule has 0 unspecified atom stereocenters. The topological polar surface area (TPSA) is 96.0 Å². The van der Waals surface area contributed by atoms with Gasteiger partial charge in [0, 0.05) is 12.6 Å². The number of anilines is 1. The molecule has 0 spiro atoms. The van der Waals surface area contributed by atoms with Crippen molar-refractivity contribution in [3.63, 3.8) is 0 Å². The maximum Gasteiger partial charge on any atom is 0.244 e. The van der Waals surface area contributed by atoms with E-state index in [0.29, 0.717) is 30.0 Å². The summed E-state index contributed by atoms with van der Waals surface area (Å²) < 4.78 is 32.6. The van der Waals surface area contributed by atoms with Crippen LogP contribution in [0.1, 0.15) is 39.2 Å². The first-order valence-electron chi connectivity index (χ1n) is 13.6. The van der Waals surface area contributed by atoms with Crippen LogP contribution in [0.15, 0.2) is 84.9 Å². The molecule has 40 heavy (non-hydrogen) atoms. The average Bonchev–Trinajstić information content (AvgIpc) is 2.94. The van der Waals surface area contributed by atoms with Crippen molar-refractivity contribution in [2.24, 2.45) is 0 Å². The van der Waals surface area contributed by atoms with Crippen LogP contribution in [0.25, 0.3) is 0 Å². The van der Waals surface area contributed by atoms with Crippen LogP contribution in [0.3, 0.4) is 0 Å². The van der Waals surface area contributed by atoms with Gasteiger partial charge in [-0.25, -0.2) is 8.42 Å². The molecule has 0 saturated carbocycles. The van der Waals surface area contributed by atoms with Gasteiger partial charge in [0.2, 0.25) is 21.8 Å². The van der Waals surface area contributed by atoms with Gasteiger partial charge in [-0.3, -0.25) is 13.9 Å². The van der Waals surface area contributed by atoms with E-state index in [1.54, 1.807) is 24.3 Å². The fourth-order valence-electron chi connectivity index (χ4n) is 4.26. The molecule has 0 bridgehead atoms. The largest absolute Gasteiger partial charge is 0.457 e. The minimum Gasteiger partial charge on any atom is -0.457 e. The van der Waals surface area contributed by atoms with Gasteiger partial charge in [-0.05, 0) is 68.1 Å². The zero-order valence-electron chi connectivity index (χ0n) is 23.6. The van der Waals surface area contributed by atoms with Crippen molar-refractivity contribution < 1.29 is 22.7 Å². The van der Waals surface area contributed by atoms with Gasteiger partial charge in [-0.2, -0.15) is 0 Å². The van der Waals surface area contributed by atoms with E-state index in [9.17, 15) is 18.0 Å². The monoisotopic (exact) mass is 565 g/mol. The molecule has 9 heteroatoms. The Balaban J connectivity index is 1.85. The smallest absolute Gasteiger partial charge is 0.244 e. The fourth-order valence-corrected chi connectivity index (χ4v) is 5.11. The third-order valence-corrected chi connectivity index (χ3v) is 7.79.